The molecule has 0 aromatic heterocycles. The van der Waals surface area contributed by atoms with Crippen molar-refractivity contribution in [1.82, 2.24) is 5.32 Å². The van der Waals surface area contributed by atoms with Gasteiger partial charge in [-0.15, -0.1) is 0 Å². The summed E-state index contributed by atoms with van der Waals surface area (Å²) in [5.41, 5.74) is -0.888. The molecule has 0 spiro atoms. The third-order valence-corrected chi connectivity index (χ3v) is 4.33. The molecule has 0 aliphatic heterocycles. The van der Waals surface area contributed by atoms with Gasteiger partial charge in [-0.05, 0) is 40.9 Å². The van der Waals surface area contributed by atoms with E-state index < -0.39 is 17.3 Å². The normalized spacial score (nSPS) is 17.9. The number of hydrogen-bond acceptors (Lipinski definition) is 2. The fraction of sp³-hybridized carbons (Fsp3) is 0.467. The maximum atomic E-state index is 13.9. The lowest BCUT2D eigenvalue weighted by Gasteiger charge is -2.26. The first-order chi connectivity index (χ1) is 9.58. The van der Waals surface area contributed by atoms with Gasteiger partial charge in [-0.3, -0.25) is 4.79 Å². The Morgan fingerprint density at radius 2 is 1.95 bits per heavy atom. The van der Waals surface area contributed by atoms with E-state index in [0.29, 0.717) is 12.8 Å². The number of amides is 1. The van der Waals surface area contributed by atoms with Crippen molar-refractivity contribution in [3.8, 4) is 6.07 Å². The summed E-state index contributed by atoms with van der Waals surface area (Å²) in [6.07, 6.45) is 5.23. The monoisotopic (exact) mass is 338 g/mol. The molecule has 1 aromatic carbocycles. The summed E-state index contributed by atoms with van der Waals surface area (Å²) in [7, 11) is 0. The van der Waals surface area contributed by atoms with Gasteiger partial charge < -0.3 is 5.32 Å². The minimum atomic E-state index is -0.859. The van der Waals surface area contributed by atoms with Crippen LogP contribution in [0.15, 0.2) is 22.7 Å². The van der Waals surface area contributed by atoms with Gasteiger partial charge in [0.1, 0.15) is 11.4 Å². The summed E-state index contributed by atoms with van der Waals surface area (Å²) < 4.78 is 14.2. The Morgan fingerprint density at radius 1 is 1.30 bits per heavy atom. The van der Waals surface area contributed by atoms with E-state index in [9.17, 15) is 14.4 Å². The molecule has 1 saturated carbocycles. The topological polar surface area (TPSA) is 52.9 Å². The van der Waals surface area contributed by atoms with Gasteiger partial charge in [-0.1, -0.05) is 31.7 Å². The Morgan fingerprint density at radius 3 is 2.55 bits per heavy atom. The Balaban J connectivity index is 2.21. The highest BCUT2D eigenvalue weighted by molar-refractivity contribution is 9.10. The summed E-state index contributed by atoms with van der Waals surface area (Å²) in [6, 6.07) is 6.80. The molecule has 0 atom stereocenters. The van der Waals surface area contributed by atoms with Crippen LogP contribution in [0.3, 0.4) is 0 Å². The first-order valence-electron chi connectivity index (χ1n) is 6.76. The Kier molecular flexibility index (Phi) is 4.77. The Bertz CT molecular complexity index is 545. The van der Waals surface area contributed by atoms with Crippen LogP contribution < -0.4 is 5.32 Å². The van der Waals surface area contributed by atoms with Crippen LogP contribution >= 0.6 is 15.9 Å². The zero-order chi connectivity index (χ0) is 14.6. The van der Waals surface area contributed by atoms with Crippen LogP contribution in [0.1, 0.15) is 48.9 Å². The molecule has 1 aliphatic carbocycles. The highest BCUT2D eigenvalue weighted by Crippen LogP contribution is 2.27. The van der Waals surface area contributed by atoms with Crippen molar-refractivity contribution >= 4 is 21.8 Å². The van der Waals surface area contributed by atoms with Crippen LogP contribution in [0, 0.1) is 17.1 Å². The van der Waals surface area contributed by atoms with Gasteiger partial charge in [-0.25, -0.2) is 4.39 Å². The second-order valence-electron chi connectivity index (χ2n) is 5.16. The number of nitriles is 1. The molecule has 106 valence electrons. The number of rotatable bonds is 2. The summed E-state index contributed by atoms with van der Waals surface area (Å²) in [4.78, 5) is 12.2. The zero-order valence-corrected chi connectivity index (χ0v) is 12.7. The van der Waals surface area contributed by atoms with Gasteiger partial charge in [0, 0.05) is 0 Å². The second-order valence-corrected chi connectivity index (χ2v) is 6.02. The minimum absolute atomic E-state index is 0.0294. The molecule has 1 fully saturated rings. The lowest BCUT2D eigenvalue weighted by molar-refractivity contribution is 0.0908. The standard InChI is InChI=1S/C15H16BrFN2O/c16-12-7-5-6-11(13(12)17)14(20)19-15(10-18)8-3-1-2-4-9-15/h5-7H,1-4,8-9H2,(H,19,20). The predicted molar refractivity (Wildman–Crippen MR) is 77.6 cm³/mol. The highest BCUT2D eigenvalue weighted by atomic mass is 79.9. The first kappa shape index (κ1) is 15.0. The molecule has 2 rings (SSSR count). The number of carbonyl (C=O) groups excluding carboxylic acids is 1. The van der Waals surface area contributed by atoms with Gasteiger partial charge in [-0.2, -0.15) is 5.26 Å². The fourth-order valence-electron chi connectivity index (χ4n) is 2.56. The maximum Gasteiger partial charge on any atom is 0.255 e. The van der Waals surface area contributed by atoms with Crippen LogP contribution in [0.25, 0.3) is 0 Å². The van der Waals surface area contributed by atoms with E-state index in [1.165, 1.54) is 12.1 Å². The second kappa shape index (κ2) is 6.36. The molecule has 1 aromatic rings. The number of halogens is 2. The predicted octanol–water partition coefficient (Wildman–Crippen LogP) is 3.93. The lowest BCUT2D eigenvalue weighted by atomic mass is 9.91. The van der Waals surface area contributed by atoms with Crippen molar-refractivity contribution in [1.29, 1.82) is 5.26 Å². The summed E-state index contributed by atoms with van der Waals surface area (Å²) >= 11 is 3.06. The van der Waals surface area contributed by atoms with Gasteiger partial charge in [0.15, 0.2) is 0 Å². The van der Waals surface area contributed by atoms with Crippen LogP contribution in [-0.2, 0) is 0 Å². The molecule has 20 heavy (non-hydrogen) atoms. The quantitative estimate of drug-likeness (QED) is 0.830. The maximum absolute atomic E-state index is 13.9. The third kappa shape index (κ3) is 3.18. The average Bonchev–Trinajstić information content (AvgIpc) is 2.68. The molecule has 1 aliphatic rings. The summed E-state index contributed by atoms with van der Waals surface area (Å²) in [6.45, 7) is 0. The van der Waals surface area contributed by atoms with E-state index in [0.717, 1.165) is 25.7 Å². The molecular weight excluding hydrogens is 323 g/mol. The van der Waals surface area contributed by atoms with Crippen molar-refractivity contribution in [2.24, 2.45) is 0 Å². The summed E-state index contributed by atoms with van der Waals surface area (Å²) in [5.74, 6) is -1.11. The van der Waals surface area contributed by atoms with E-state index >= 15 is 0 Å². The molecule has 0 bridgehead atoms. The van der Waals surface area contributed by atoms with E-state index in [4.69, 9.17) is 0 Å². The lowest BCUT2D eigenvalue weighted by Crippen LogP contribution is -2.47. The SMILES string of the molecule is N#CC1(NC(=O)c2cccc(Br)c2F)CCCCCC1. The number of benzene rings is 1. The molecule has 3 nitrogen and oxygen atoms in total. The fourth-order valence-corrected chi connectivity index (χ4v) is 2.93. The van der Waals surface area contributed by atoms with Crippen LogP contribution in [0.4, 0.5) is 4.39 Å². The molecule has 0 heterocycles. The van der Waals surface area contributed by atoms with Crippen LogP contribution in [0.5, 0.6) is 0 Å². The molecular formula is C15H16BrFN2O. The van der Waals surface area contributed by atoms with Gasteiger partial charge in [0.2, 0.25) is 0 Å². The third-order valence-electron chi connectivity index (χ3n) is 3.72. The molecule has 1 amide bonds. The van der Waals surface area contributed by atoms with Crippen LogP contribution in [0.2, 0.25) is 0 Å². The van der Waals surface area contributed by atoms with Crippen molar-refractivity contribution in [2.45, 2.75) is 44.1 Å². The average molecular weight is 339 g/mol. The number of hydrogen-bond donors (Lipinski definition) is 1. The number of carbonyl (C=O) groups is 1. The zero-order valence-electron chi connectivity index (χ0n) is 11.1. The minimum Gasteiger partial charge on any atom is -0.334 e. The molecule has 0 unspecified atom stereocenters. The van der Waals surface area contributed by atoms with Gasteiger partial charge >= 0.3 is 0 Å². The van der Waals surface area contributed by atoms with Crippen molar-refractivity contribution in [3.63, 3.8) is 0 Å². The smallest absolute Gasteiger partial charge is 0.255 e. The van der Waals surface area contributed by atoms with Crippen molar-refractivity contribution in [3.05, 3.63) is 34.1 Å². The van der Waals surface area contributed by atoms with E-state index in [1.807, 2.05) is 0 Å². The highest BCUT2D eigenvalue weighted by Gasteiger charge is 2.33. The van der Waals surface area contributed by atoms with Gasteiger partial charge in [0.05, 0.1) is 16.1 Å². The van der Waals surface area contributed by atoms with E-state index in [1.54, 1.807) is 6.07 Å². The molecule has 5 heteroatoms. The van der Waals surface area contributed by atoms with Crippen LogP contribution in [-0.4, -0.2) is 11.4 Å². The number of nitrogens with zero attached hydrogens (tertiary/aromatic N) is 1. The largest absolute Gasteiger partial charge is 0.334 e. The van der Waals surface area contributed by atoms with E-state index in [-0.39, 0.29) is 10.0 Å². The Labute approximate surface area is 126 Å². The Hall–Kier alpha value is -1.41. The first-order valence-corrected chi connectivity index (χ1v) is 7.55. The molecule has 0 saturated heterocycles. The molecule has 1 N–H and O–H groups in total. The van der Waals surface area contributed by atoms with Crippen molar-refractivity contribution in [2.75, 3.05) is 0 Å². The van der Waals surface area contributed by atoms with Crippen molar-refractivity contribution < 1.29 is 9.18 Å². The van der Waals surface area contributed by atoms with Gasteiger partial charge in [0.25, 0.3) is 5.91 Å². The number of nitrogens with one attached hydrogen (secondary N) is 1. The molecule has 0 radical (unpaired) electrons. The summed E-state index contributed by atoms with van der Waals surface area (Å²) in [5, 5.41) is 12.2. The van der Waals surface area contributed by atoms with E-state index in [2.05, 4.69) is 27.3 Å².